The van der Waals surface area contributed by atoms with E-state index in [1.807, 2.05) is 11.9 Å². The minimum Gasteiger partial charge on any atom is -0.379 e. The highest BCUT2D eigenvalue weighted by atomic mass is 19.4. The summed E-state index contributed by atoms with van der Waals surface area (Å²) >= 11 is 0. The van der Waals surface area contributed by atoms with Gasteiger partial charge in [0.25, 0.3) is 0 Å². The van der Waals surface area contributed by atoms with Gasteiger partial charge in [0.1, 0.15) is 6.17 Å². The van der Waals surface area contributed by atoms with Crippen molar-refractivity contribution in [2.45, 2.75) is 44.6 Å². The summed E-state index contributed by atoms with van der Waals surface area (Å²) < 4.78 is 55.1. The number of aromatic nitrogens is 1. The average molecular weight is 452 g/mol. The molecular weight excluding hydrogens is 424 g/mol. The van der Waals surface area contributed by atoms with Gasteiger partial charge in [-0.3, -0.25) is 9.78 Å². The zero-order chi connectivity index (χ0) is 23.5. The molecule has 3 rings (SSSR count). The summed E-state index contributed by atoms with van der Waals surface area (Å²) in [5.41, 5.74) is -0.224. The molecule has 174 valence electrons. The fourth-order valence-corrected chi connectivity index (χ4v) is 3.90. The normalized spacial score (nSPS) is 19.7. The van der Waals surface area contributed by atoms with Gasteiger partial charge in [-0.25, -0.2) is 4.39 Å². The van der Waals surface area contributed by atoms with Crippen LogP contribution in [0, 0.1) is 0 Å². The van der Waals surface area contributed by atoms with Gasteiger partial charge in [-0.15, -0.1) is 0 Å². The lowest BCUT2D eigenvalue weighted by molar-refractivity contribution is -0.118. The SMILES string of the molecule is C=C(c1nc(CCCNC(C)=O)cc2c(NC3CCN(C)CC3F)cccc12)C(F)(F)F. The summed E-state index contributed by atoms with van der Waals surface area (Å²) in [4.78, 5) is 17.2. The van der Waals surface area contributed by atoms with Crippen molar-refractivity contribution in [1.82, 2.24) is 15.2 Å². The smallest absolute Gasteiger partial charge is 0.379 e. The molecule has 0 bridgehead atoms. The molecule has 2 aromatic rings. The zero-order valence-corrected chi connectivity index (χ0v) is 18.2. The number of piperidine rings is 1. The third-order valence-corrected chi connectivity index (χ3v) is 5.62. The molecule has 2 unspecified atom stereocenters. The number of pyridine rings is 1. The molecule has 1 aliphatic rings. The number of aryl methyl sites for hydroxylation is 1. The van der Waals surface area contributed by atoms with Gasteiger partial charge in [0.2, 0.25) is 5.91 Å². The van der Waals surface area contributed by atoms with Crippen LogP contribution in [-0.4, -0.2) is 60.9 Å². The molecule has 9 heteroatoms. The van der Waals surface area contributed by atoms with Crippen LogP contribution in [0.4, 0.5) is 23.2 Å². The molecule has 0 spiro atoms. The molecule has 0 saturated carbocycles. The summed E-state index contributed by atoms with van der Waals surface area (Å²) in [5.74, 6) is -0.173. The van der Waals surface area contributed by atoms with Crippen molar-refractivity contribution in [1.29, 1.82) is 0 Å². The largest absolute Gasteiger partial charge is 0.417 e. The van der Waals surface area contributed by atoms with E-state index in [-0.39, 0.29) is 11.6 Å². The van der Waals surface area contributed by atoms with Gasteiger partial charge < -0.3 is 15.5 Å². The van der Waals surface area contributed by atoms with Gasteiger partial charge in [-0.2, -0.15) is 13.2 Å². The van der Waals surface area contributed by atoms with E-state index < -0.39 is 24.0 Å². The number of fused-ring (bicyclic) bond motifs is 1. The van der Waals surface area contributed by atoms with E-state index in [4.69, 9.17) is 0 Å². The molecule has 32 heavy (non-hydrogen) atoms. The molecule has 0 aliphatic carbocycles. The van der Waals surface area contributed by atoms with E-state index in [0.29, 0.717) is 54.5 Å². The van der Waals surface area contributed by atoms with E-state index in [0.717, 1.165) is 6.54 Å². The number of allylic oxidation sites excluding steroid dienone is 1. The van der Waals surface area contributed by atoms with Crippen LogP contribution >= 0.6 is 0 Å². The molecule has 2 N–H and O–H groups in total. The van der Waals surface area contributed by atoms with Crippen molar-refractivity contribution in [2.24, 2.45) is 0 Å². The van der Waals surface area contributed by atoms with Crippen LogP contribution in [0.1, 0.15) is 31.2 Å². The number of amides is 1. The van der Waals surface area contributed by atoms with Gasteiger partial charge in [0.05, 0.1) is 17.3 Å². The molecule has 1 saturated heterocycles. The molecule has 1 aromatic heterocycles. The Hall–Kier alpha value is -2.68. The predicted molar refractivity (Wildman–Crippen MR) is 118 cm³/mol. The monoisotopic (exact) mass is 452 g/mol. The second-order valence-corrected chi connectivity index (χ2v) is 8.24. The van der Waals surface area contributed by atoms with Crippen molar-refractivity contribution in [3.8, 4) is 0 Å². The second kappa shape index (κ2) is 9.85. The number of hydrogen-bond donors (Lipinski definition) is 2. The Kier molecular flexibility index (Phi) is 7.38. The van der Waals surface area contributed by atoms with Crippen LogP contribution < -0.4 is 10.6 Å². The number of alkyl halides is 4. The Labute approximate surface area is 184 Å². The highest BCUT2D eigenvalue weighted by Gasteiger charge is 2.35. The van der Waals surface area contributed by atoms with E-state index in [9.17, 15) is 22.4 Å². The summed E-state index contributed by atoms with van der Waals surface area (Å²) in [6, 6.07) is 6.26. The first kappa shape index (κ1) is 24.0. The molecule has 1 aromatic carbocycles. The number of benzene rings is 1. The Balaban J connectivity index is 1.98. The van der Waals surface area contributed by atoms with E-state index >= 15 is 0 Å². The van der Waals surface area contributed by atoms with Crippen LogP contribution in [0.5, 0.6) is 0 Å². The average Bonchev–Trinajstić information content (AvgIpc) is 2.71. The molecular formula is C23H28F4N4O. The number of carbonyl (C=O) groups excluding carboxylic acids is 1. The topological polar surface area (TPSA) is 57.3 Å². The number of nitrogens with zero attached hydrogens (tertiary/aromatic N) is 2. The van der Waals surface area contributed by atoms with Crippen molar-refractivity contribution in [2.75, 3.05) is 32.0 Å². The second-order valence-electron chi connectivity index (χ2n) is 8.24. The highest BCUT2D eigenvalue weighted by molar-refractivity contribution is 6.00. The minimum atomic E-state index is -4.63. The third kappa shape index (κ3) is 5.76. The maximum absolute atomic E-state index is 14.6. The standard InChI is InChI=1S/C23H28F4N4O/c1-14(23(25,26)27)22-17-7-4-8-20(30-21-9-11-31(3)13-19(21)24)18(17)12-16(29-22)6-5-10-28-15(2)32/h4,7-8,12,19,21,30H,1,5-6,9-11,13H2,2-3H3,(H,28,32). The summed E-state index contributed by atoms with van der Waals surface area (Å²) in [6.07, 6.45) is -4.23. The van der Waals surface area contributed by atoms with Crippen LogP contribution in [0.2, 0.25) is 0 Å². The number of carbonyl (C=O) groups is 1. The van der Waals surface area contributed by atoms with Gasteiger partial charge in [0, 0.05) is 48.7 Å². The zero-order valence-electron chi connectivity index (χ0n) is 18.2. The summed E-state index contributed by atoms with van der Waals surface area (Å²) in [6.45, 7) is 6.07. The van der Waals surface area contributed by atoms with Gasteiger partial charge in [-0.1, -0.05) is 18.7 Å². The number of nitrogens with one attached hydrogen (secondary N) is 2. The Morgan fingerprint density at radius 2 is 2.06 bits per heavy atom. The Morgan fingerprint density at radius 1 is 1.31 bits per heavy atom. The molecule has 5 nitrogen and oxygen atoms in total. The molecule has 2 atom stereocenters. The maximum Gasteiger partial charge on any atom is 0.417 e. The van der Waals surface area contributed by atoms with Crippen molar-refractivity contribution < 1.29 is 22.4 Å². The predicted octanol–water partition coefficient (Wildman–Crippen LogP) is 4.33. The van der Waals surface area contributed by atoms with E-state index in [2.05, 4.69) is 22.2 Å². The fourth-order valence-electron chi connectivity index (χ4n) is 3.90. The summed E-state index contributed by atoms with van der Waals surface area (Å²) in [7, 11) is 1.86. The van der Waals surface area contributed by atoms with Crippen LogP contribution in [0.3, 0.4) is 0 Å². The first-order valence-corrected chi connectivity index (χ1v) is 10.6. The van der Waals surface area contributed by atoms with E-state index in [1.165, 1.54) is 6.92 Å². The number of likely N-dealkylation sites (tertiary alicyclic amines) is 1. The molecule has 0 radical (unpaired) electrons. The number of anilines is 1. The highest BCUT2D eigenvalue weighted by Crippen LogP contribution is 2.37. The van der Waals surface area contributed by atoms with Gasteiger partial charge >= 0.3 is 6.18 Å². The van der Waals surface area contributed by atoms with Crippen LogP contribution in [0.15, 0.2) is 30.8 Å². The number of rotatable bonds is 7. The van der Waals surface area contributed by atoms with Crippen molar-refractivity contribution >= 4 is 27.9 Å². The molecule has 2 heterocycles. The van der Waals surface area contributed by atoms with Gasteiger partial charge in [-0.05, 0) is 38.4 Å². The first-order chi connectivity index (χ1) is 15.1. The third-order valence-electron chi connectivity index (χ3n) is 5.62. The maximum atomic E-state index is 14.6. The van der Waals surface area contributed by atoms with E-state index in [1.54, 1.807) is 24.3 Å². The molecule has 1 aliphatic heterocycles. The number of hydrogen-bond acceptors (Lipinski definition) is 4. The lowest BCUT2D eigenvalue weighted by Gasteiger charge is -2.33. The number of halogens is 4. The Morgan fingerprint density at radius 3 is 2.72 bits per heavy atom. The molecule has 1 fully saturated rings. The fraction of sp³-hybridized carbons (Fsp3) is 0.478. The summed E-state index contributed by atoms with van der Waals surface area (Å²) in [5, 5.41) is 6.73. The van der Waals surface area contributed by atoms with Crippen molar-refractivity contribution in [3.05, 3.63) is 42.2 Å². The van der Waals surface area contributed by atoms with Gasteiger partial charge in [0.15, 0.2) is 0 Å². The van der Waals surface area contributed by atoms with Crippen LogP contribution in [-0.2, 0) is 11.2 Å². The lowest BCUT2D eigenvalue weighted by Crippen LogP contribution is -2.46. The molecule has 1 amide bonds. The minimum absolute atomic E-state index is 0.173. The quantitative estimate of drug-likeness (QED) is 0.485. The van der Waals surface area contributed by atoms with Crippen molar-refractivity contribution in [3.63, 3.8) is 0 Å². The van der Waals surface area contributed by atoms with Crippen LogP contribution in [0.25, 0.3) is 16.3 Å². The lowest BCUT2D eigenvalue weighted by atomic mass is 9.99. The first-order valence-electron chi connectivity index (χ1n) is 10.6. The Bertz CT molecular complexity index is 992.